The molecule has 27 heavy (non-hydrogen) atoms. The Morgan fingerprint density at radius 3 is 2.48 bits per heavy atom. The maximum atomic E-state index is 13.0. The molecule has 5 nitrogen and oxygen atoms in total. The molecule has 3 aromatic carbocycles. The highest BCUT2D eigenvalue weighted by Crippen LogP contribution is 2.24. The number of rotatable bonds is 5. The smallest absolute Gasteiger partial charge is 0.338 e. The number of fused-ring (bicyclic) bond motifs is 1. The van der Waals surface area contributed by atoms with Crippen molar-refractivity contribution in [3.05, 3.63) is 77.4 Å². The Hall–Kier alpha value is -2.70. The lowest BCUT2D eigenvalue weighted by atomic mass is 10.0. The highest BCUT2D eigenvalue weighted by molar-refractivity contribution is 7.89. The quantitative estimate of drug-likeness (QED) is 0.630. The van der Waals surface area contributed by atoms with Gasteiger partial charge in [0, 0.05) is 13.6 Å². The van der Waals surface area contributed by atoms with E-state index >= 15 is 0 Å². The van der Waals surface area contributed by atoms with Gasteiger partial charge in [0.15, 0.2) is 0 Å². The molecule has 0 spiro atoms. The third-order valence-corrected chi connectivity index (χ3v) is 6.39. The zero-order valence-electron chi connectivity index (χ0n) is 15.5. The molecule has 140 valence electrons. The summed E-state index contributed by atoms with van der Waals surface area (Å²) < 4.78 is 32.1. The Morgan fingerprint density at radius 1 is 1.04 bits per heavy atom. The van der Waals surface area contributed by atoms with Crippen LogP contribution < -0.4 is 0 Å². The second kappa shape index (κ2) is 7.50. The van der Waals surface area contributed by atoms with Gasteiger partial charge in [0.2, 0.25) is 10.0 Å². The number of sulfonamides is 1. The van der Waals surface area contributed by atoms with Crippen LogP contribution in [-0.2, 0) is 21.3 Å². The number of methoxy groups -OCH3 is 1. The number of carbonyl (C=O) groups excluding carboxylic acids is 1. The summed E-state index contributed by atoms with van der Waals surface area (Å²) in [6.07, 6.45) is 0. The van der Waals surface area contributed by atoms with Crippen molar-refractivity contribution in [3.63, 3.8) is 0 Å². The molecule has 0 bridgehead atoms. The largest absolute Gasteiger partial charge is 0.465 e. The van der Waals surface area contributed by atoms with E-state index in [1.165, 1.54) is 30.6 Å². The minimum atomic E-state index is -3.76. The number of carbonyl (C=O) groups is 1. The van der Waals surface area contributed by atoms with Gasteiger partial charge in [-0.2, -0.15) is 4.31 Å². The van der Waals surface area contributed by atoms with E-state index in [4.69, 9.17) is 4.74 Å². The van der Waals surface area contributed by atoms with Crippen molar-refractivity contribution in [3.8, 4) is 0 Å². The first kappa shape index (κ1) is 19.1. The van der Waals surface area contributed by atoms with E-state index in [2.05, 4.69) is 0 Å². The molecule has 0 saturated carbocycles. The van der Waals surface area contributed by atoms with Crippen LogP contribution in [0.2, 0.25) is 0 Å². The molecule has 0 aliphatic heterocycles. The number of hydrogen-bond donors (Lipinski definition) is 0. The number of hydrogen-bond acceptors (Lipinski definition) is 4. The lowest BCUT2D eigenvalue weighted by molar-refractivity contribution is 0.0599. The summed E-state index contributed by atoms with van der Waals surface area (Å²) in [5.74, 6) is -0.554. The third-order valence-electron chi connectivity index (χ3n) is 4.60. The van der Waals surface area contributed by atoms with E-state index < -0.39 is 16.0 Å². The van der Waals surface area contributed by atoms with Crippen LogP contribution in [-0.4, -0.2) is 32.8 Å². The van der Waals surface area contributed by atoms with Gasteiger partial charge >= 0.3 is 5.97 Å². The first-order chi connectivity index (χ1) is 12.8. The van der Waals surface area contributed by atoms with Crippen LogP contribution in [0.3, 0.4) is 0 Å². The fourth-order valence-electron chi connectivity index (χ4n) is 3.03. The first-order valence-corrected chi connectivity index (χ1v) is 9.90. The van der Waals surface area contributed by atoms with Crippen LogP contribution in [0.25, 0.3) is 10.8 Å². The van der Waals surface area contributed by atoms with Crippen LogP contribution in [0.15, 0.2) is 65.6 Å². The molecule has 6 heteroatoms. The van der Waals surface area contributed by atoms with Crippen molar-refractivity contribution < 1.29 is 17.9 Å². The molecule has 3 rings (SSSR count). The van der Waals surface area contributed by atoms with Crippen LogP contribution in [0, 0.1) is 6.92 Å². The third kappa shape index (κ3) is 3.72. The molecule has 0 aromatic heterocycles. The summed E-state index contributed by atoms with van der Waals surface area (Å²) in [6.45, 7) is 1.97. The molecule has 0 unspecified atom stereocenters. The molecule has 0 atom stereocenters. The van der Waals surface area contributed by atoms with Crippen molar-refractivity contribution >= 4 is 26.8 Å². The van der Waals surface area contributed by atoms with E-state index in [0.29, 0.717) is 5.56 Å². The van der Waals surface area contributed by atoms with Gasteiger partial charge in [-0.05, 0) is 41.0 Å². The van der Waals surface area contributed by atoms with Crippen molar-refractivity contribution in [1.82, 2.24) is 4.31 Å². The van der Waals surface area contributed by atoms with Gasteiger partial charge in [0.05, 0.1) is 17.6 Å². The average molecular weight is 383 g/mol. The van der Waals surface area contributed by atoms with E-state index in [1.807, 2.05) is 42.5 Å². The molecule has 0 aliphatic rings. The Balaban J connectivity index is 1.96. The lowest BCUT2D eigenvalue weighted by Gasteiger charge is -2.19. The van der Waals surface area contributed by atoms with E-state index in [-0.39, 0.29) is 17.0 Å². The maximum absolute atomic E-state index is 13.0. The Bertz CT molecular complexity index is 1100. The maximum Gasteiger partial charge on any atom is 0.338 e. The molecule has 3 aromatic rings. The number of nitrogens with zero attached hydrogens (tertiary/aromatic N) is 1. The number of ether oxygens (including phenoxy) is 1. The number of aryl methyl sites for hydroxylation is 1. The molecule has 0 heterocycles. The van der Waals surface area contributed by atoms with Gasteiger partial charge < -0.3 is 4.74 Å². The van der Waals surface area contributed by atoms with Gasteiger partial charge in [-0.1, -0.05) is 48.5 Å². The molecular weight excluding hydrogens is 362 g/mol. The van der Waals surface area contributed by atoms with Crippen molar-refractivity contribution in [2.24, 2.45) is 0 Å². The molecule has 0 saturated heterocycles. The van der Waals surface area contributed by atoms with Gasteiger partial charge in [-0.15, -0.1) is 0 Å². The van der Waals surface area contributed by atoms with Crippen LogP contribution in [0.1, 0.15) is 21.5 Å². The highest BCUT2D eigenvalue weighted by atomic mass is 32.2. The predicted octanol–water partition coefficient (Wildman–Crippen LogP) is 3.76. The van der Waals surface area contributed by atoms with Crippen molar-refractivity contribution in [1.29, 1.82) is 0 Å². The minimum Gasteiger partial charge on any atom is -0.465 e. The summed E-state index contributed by atoms with van der Waals surface area (Å²) in [6, 6.07) is 18.2. The fraction of sp³-hybridized carbons (Fsp3) is 0.190. The summed E-state index contributed by atoms with van der Waals surface area (Å²) >= 11 is 0. The molecule has 0 N–H and O–H groups in total. The predicted molar refractivity (Wildman–Crippen MR) is 105 cm³/mol. The van der Waals surface area contributed by atoms with Gasteiger partial charge in [-0.25, -0.2) is 13.2 Å². The molecule has 0 amide bonds. The molecular formula is C21H21NO4S. The average Bonchev–Trinajstić information content (AvgIpc) is 2.67. The Morgan fingerprint density at radius 2 is 1.74 bits per heavy atom. The fourth-order valence-corrected chi connectivity index (χ4v) is 4.20. The molecule has 0 fully saturated rings. The van der Waals surface area contributed by atoms with E-state index in [1.54, 1.807) is 13.0 Å². The van der Waals surface area contributed by atoms with Crippen LogP contribution in [0.5, 0.6) is 0 Å². The number of esters is 1. The number of benzene rings is 3. The van der Waals surface area contributed by atoms with Crippen molar-refractivity contribution in [2.45, 2.75) is 18.4 Å². The summed E-state index contributed by atoms with van der Waals surface area (Å²) in [4.78, 5) is 12.0. The normalized spacial score (nSPS) is 11.7. The van der Waals surface area contributed by atoms with Crippen molar-refractivity contribution in [2.75, 3.05) is 14.2 Å². The summed E-state index contributed by atoms with van der Waals surface area (Å²) in [5.41, 5.74) is 1.83. The highest BCUT2D eigenvalue weighted by Gasteiger charge is 2.23. The van der Waals surface area contributed by atoms with Gasteiger partial charge in [0.25, 0.3) is 0 Å². The second-order valence-corrected chi connectivity index (χ2v) is 8.41. The minimum absolute atomic E-state index is 0.0660. The summed E-state index contributed by atoms with van der Waals surface area (Å²) in [5, 5.41) is 2.07. The van der Waals surface area contributed by atoms with Crippen LogP contribution in [0.4, 0.5) is 0 Å². The first-order valence-electron chi connectivity index (χ1n) is 8.46. The standard InChI is InChI=1S/C21H21NO4S/c1-15-11-12-18(13-20(15)21(23)26-3)27(24,25)22(2)14-17-9-6-8-16-7-4-5-10-19(16)17/h4-13H,14H2,1-3H3. The van der Waals surface area contributed by atoms with Crippen LogP contribution >= 0.6 is 0 Å². The Kier molecular flexibility index (Phi) is 5.30. The summed E-state index contributed by atoms with van der Waals surface area (Å²) in [7, 11) is -0.951. The lowest BCUT2D eigenvalue weighted by Crippen LogP contribution is -2.27. The van der Waals surface area contributed by atoms with Gasteiger partial charge in [-0.3, -0.25) is 0 Å². The second-order valence-electron chi connectivity index (χ2n) is 6.37. The topological polar surface area (TPSA) is 63.7 Å². The SMILES string of the molecule is COC(=O)c1cc(S(=O)(=O)N(C)Cc2cccc3ccccc23)ccc1C. The molecule has 0 radical (unpaired) electrons. The monoisotopic (exact) mass is 383 g/mol. The Labute approximate surface area is 159 Å². The van der Waals surface area contributed by atoms with E-state index in [0.717, 1.165) is 16.3 Å². The van der Waals surface area contributed by atoms with Gasteiger partial charge in [0.1, 0.15) is 0 Å². The molecule has 0 aliphatic carbocycles. The van der Waals surface area contributed by atoms with E-state index in [9.17, 15) is 13.2 Å². The zero-order chi connectivity index (χ0) is 19.6. The zero-order valence-corrected chi connectivity index (χ0v) is 16.3.